The number of benzene rings is 1. The van der Waals surface area contributed by atoms with Gasteiger partial charge in [0, 0.05) is 62.9 Å². The summed E-state index contributed by atoms with van der Waals surface area (Å²) in [5.74, 6) is -12.2. The van der Waals surface area contributed by atoms with Crippen molar-refractivity contribution >= 4 is 58.6 Å². The molecule has 23 heteroatoms. The molecule has 2 heterocycles. The molecule has 1 saturated heterocycles. The summed E-state index contributed by atoms with van der Waals surface area (Å²) in [5, 5.41) is 37.5. The largest absolute Gasteiger partial charge is 0.393 e. The molecule has 0 spiro atoms. The van der Waals surface area contributed by atoms with E-state index in [-0.39, 0.29) is 102 Å². The molecule has 2 unspecified atom stereocenters. The summed E-state index contributed by atoms with van der Waals surface area (Å²) >= 11 is 0. The van der Waals surface area contributed by atoms with Crippen molar-refractivity contribution in [1.82, 2.24) is 36.9 Å². The van der Waals surface area contributed by atoms with Crippen LogP contribution in [0.4, 0.5) is 0 Å². The van der Waals surface area contributed by atoms with Crippen LogP contribution < -0.4 is 54.8 Å². The van der Waals surface area contributed by atoms with Crippen molar-refractivity contribution in [2.75, 3.05) is 32.7 Å². The van der Waals surface area contributed by atoms with Crippen LogP contribution in [0.25, 0.3) is 0 Å². The van der Waals surface area contributed by atoms with Crippen LogP contribution in [0.15, 0.2) is 54.9 Å². The third-order valence-corrected chi connectivity index (χ3v) is 13.5. The quantitative estimate of drug-likeness (QED) is 0.0591. The van der Waals surface area contributed by atoms with Crippen molar-refractivity contribution in [2.24, 2.45) is 52.5 Å². The summed E-state index contributed by atoms with van der Waals surface area (Å²) in [7, 11) is 0. The van der Waals surface area contributed by atoms with Crippen LogP contribution in [0.1, 0.15) is 103 Å². The van der Waals surface area contributed by atoms with Crippen molar-refractivity contribution in [3.8, 4) is 0 Å². The lowest BCUT2D eigenvalue weighted by Gasteiger charge is -2.28. The molecule has 77 heavy (non-hydrogen) atoms. The number of ketones is 4. The van der Waals surface area contributed by atoms with Crippen molar-refractivity contribution < 1.29 is 58.2 Å². The number of aliphatic hydroxyl groups is 2. The molecule has 11 atom stereocenters. The number of carbonyl (C=O) groups excluding carboxylic acids is 10. The van der Waals surface area contributed by atoms with Crippen molar-refractivity contribution in [3.05, 3.63) is 66.0 Å². The van der Waals surface area contributed by atoms with Gasteiger partial charge in [-0.15, -0.1) is 0 Å². The molecule has 1 aliphatic heterocycles. The van der Waals surface area contributed by atoms with Crippen LogP contribution in [0.3, 0.4) is 0 Å². The minimum atomic E-state index is -1.41. The van der Waals surface area contributed by atoms with Gasteiger partial charge in [0.25, 0.3) is 0 Å². The monoisotopic (exact) mass is 1080 g/mol. The van der Waals surface area contributed by atoms with Crippen LogP contribution >= 0.6 is 0 Å². The number of hydrogen-bond acceptors (Lipinski definition) is 17. The Morgan fingerprint density at radius 2 is 1.23 bits per heavy atom. The first-order valence-corrected chi connectivity index (χ1v) is 26.6. The van der Waals surface area contributed by atoms with Crippen LogP contribution in [0, 0.1) is 29.6 Å². The number of nitrogens with zero attached hydrogens (tertiary/aromatic N) is 1. The molecule has 3 rings (SSSR count). The molecule has 23 nitrogen and oxygen atoms in total. The Morgan fingerprint density at radius 3 is 1.81 bits per heavy atom. The first-order valence-electron chi connectivity index (χ1n) is 26.6. The van der Waals surface area contributed by atoms with Gasteiger partial charge in [-0.3, -0.25) is 52.9 Å². The fourth-order valence-corrected chi connectivity index (χ4v) is 9.11. The van der Waals surface area contributed by atoms with Crippen molar-refractivity contribution in [2.45, 2.75) is 147 Å². The highest BCUT2D eigenvalue weighted by molar-refractivity contribution is 5.98. The van der Waals surface area contributed by atoms with Crippen LogP contribution in [-0.2, 0) is 60.8 Å². The number of nitrogens with one attached hydrogen (secondary N) is 6. The molecule has 0 bridgehead atoms. The minimum absolute atomic E-state index is 0.0274. The Labute approximate surface area is 450 Å². The Balaban J connectivity index is 2.10. The van der Waals surface area contributed by atoms with E-state index >= 15 is 0 Å². The van der Waals surface area contributed by atoms with Gasteiger partial charge in [0.05, 0.1) is 42.2 Å². The van der Waals surface area contributed by atoms with Crippen LogP contribution in [0.2, 0.25) is 0 Å². The maximum absolute atomic E-state index is 14.5. The summed E-state index contributed by atoms with van der Waals surface area (Å²) in [4.78, 5) is 144. The Kier molecular flexibility index (Phi) is 28.4. The molecule has 2 aromatic rings. The van der Waals surface area contributed by atoms with E-state index in [0.29, 0.717) is 11.1 Å². The second-order valence-electron chi connectivity index (χ2n) is 20.4. The number of Topliss-reactive ketones (excluding diaryl/α,β-unsaturated/α-hetero) is 4. The molecule has 0 radical (unpaired) electrons. The van der Waals surface area contributed by atoms with E-state index in [1.54, 1.807) is 48.7 Å². The lowest BCUT2D eigenvalue weighted by atomic mass is 9.89. The van der Waals surface area contributed by atoms with Crippen molar-refractivity contribution in [1.29, 1.82) is 0 Å². The number of aromatic nitrogens is 1. The number of rotatable bonds is 23. The molecule has 0 saturated carbocycles. The van der Waals surface area contributed by atoms with E-state index in [1.165, 1.54) is 20.0 Å². The molecule has 426 valence electrons. The smallest absolute Gasteiger partial charge is 0.243 e. The number of amides is 6. The molecule has 0 aliphatic carbocycles. The number of hydrogen-bond donors (Lipinski definition) is 12. The van der Waals surface area contributed by atoms with Gasteiger partial charge in [-0.25, -0.2) is 0 Å². The van der Waals surface area contributed by atoms with Gasteiger partial charge < -0.3 is 65.0 Å². The van der Waals surface area contributed by atoms with E-state index in [2.05, 4.69) is 36.9 Å². The second-order valence-corrected chi connectivity index (χ2v) is 20.4. The lowest BCUT2D eigenvalue weighted by molar-refractivity contribution is -0.137. The number of pyridine rings is 1. The molecule has 6 amide bonds. The van der Waals surface area contributed by atoms with Crippen LogP contribution in [-0.4, -0.2) is 149 Å². The van der Waals surface area contributed by atoms with Gasteiger partial charge in [-0.05, 0) is 108 Å². The van der Waals surface area contributed by atoms with E-state index < -0.39 is 138 Å². The summed E-state index contributed by atoms with van der Waals surface area (Å²) in [6.07, 6.45) is -2.25. The normalized spacial score (nSPS) is 23.5. The van der Waals surface area contributed by atoms with Crippen molar-refractivity contribution in [3.63, 3.8) is 0 Å². The van der Waals surface area contributed by atoms with E-state index in [1.807, 2.05) is 13.8 Å². The molecule has 1 aromatic carbocycles. The van der Waals surface area contributed by atoms with Gasteiger partial charge in [-0.2, -0.15) is 0 Å². The van der Waals surface area contributed by atoms with E-state index in [9.17, 15) is 58.2 Å². The average molecular weight is 1080 g/mol. The van der Waals surface area contributed by atoms with Gasteiger partial charge in [0.2, 0.25) is 35.4 Å². The molecule has 16 N–H and O–H groups in total. The van der Waals surface area contributed by atoms with Gasteiger partial charge in [-0.1, -0.05) is 50.2 Å². The predicted molar refractivity (Wildman–Crippen MR) is 285 cm³/mol. The van der Waals surface area contributed by atoms with E-state index in [0.717, 1.165) is 0 Å². The SMILES string of the molecule is CC(C)C[C@@H]1NC(=O)[C@@H](Cc2ccccc2)CC(=O)[C@H](CCN)NC(=O)[C@@H](CC(=O)[C@H](CCN)NC(=O)[C@@H](CC(=O)Cc2cccnc2)C(C)O)CCNC(=O)[C@H](C(C)O)CC(=O)[C@H](CCN)NC(=O)[C@H](CCN)NC1=O. The van der Waals surface area contributed by atoms with Crippen LogP contribution in [0.5, 0.6) is 0 Å². The standard InChI is InChI=1S/C54H83N11O12/c1-31(2)23-45-54(77)64-44(15-20-58)53(76)63-43(14-19-57)48(71)29-40(33(4)67)51(74)60-22-16-36(49(72)61-41(12-17-55)47(70)27-37(50(73)65-45)24-34-9-6-5-7-10-34)26-46(69)42(13-18-56)62-52(75)39(32(3)66)28-38(68)25-35-11-8-21-59-30-35/h5-11,21,30-33,36-37,39-45,66-67H,12-20,22-29,55-58H2,1-4H3,(H,60,74)(H,61,72)(H,62,75)(H,63,76)(H,64,77)(H,65,73)/t32?,33?,36-,37+,39+,40+,41+,42+,43+,44+,45+/m1/s1. The molecule has 1 fully saturated rings. The lowest BCUT2D eigenvalue weighted by Crippen LogP contribution is -2.57. The first kappa shape index (κ1) is 64.9. The van der Waals surface area contributed by atoms with Gasteiger partial charge >= 0.3 is 0 Å². The highest BCUT2D eigenvalue weighted by Crippen LogP contribution is 2.21. The molecule has 1 aromatic heterocycles. The fraction of sp³-hybridized carbons (Fsp3) is 0.611. The zero-order chi connectivity index (χ0) is 57.2. The third kappa shape index (κ3) is 22.3. The number of nitrogens with two attached hydrogens (primary N) is 4. The third-order valence-electron chi connectivity index (χ3n) is 13.5. The number of carbonyl (C=O) groups is 10. The minimum Gasteiger partial charge on any atom is -0.393 e. The summed E-state index contributed by atoms with van der Waals surface area (Å²) in [6.45, 7) is 5.59. The Bertz CT molecular complexity index is 2270. The maximum atomic E-state index is 14.5. The number of aliphatic hydroxyl groups excluding tert-OH is 2. The zero-order valence-electron chi connectivity index (χ0n) is 44.9. The van der Waals surface area contributed by atoms with Gasteiger partial charge in [0.15, 0.2) is 17.3 Å². The predicted octanol–water partition coefficient (Wildman–Crippen LogP) is -1.68. The average Bonchev–Trinajstić information content (AvgIpc) is 3.37. The molecule has 1 aliphatic rings. The summed E-state index contributed by atoms with van der Waals surface area (Å²) < 4.78 is 0. The summed E-state index contributed by atoms with van der Waals surface area (Å²) in [6, 6.07) is 5.74. The maximum Gasteiger partial charge on any atom is 0.243 e. The topological polar surface area (TPSA) is 400 Å². The summed E-state index contributed by atoms with van der Waals surface area (Å²) in [5.41, 5.74) is 24.9. The Morgan fingerprint density at radius 1 is 0.675 bits per heavy atom. The second kappa shape index (κ2) is 33.7. The first-order chi connectivity index (χ1) is 36.6. The molecular formula is C54H83N11O12. The molecular weight excluding hydrogens is 995 g/mol. The highest BCUT2D eigenvalue weighted by atomic mass is 16.3. The highest BCUT2D eigenvalue weighted by Gasteiger charge is 2.37. The van der Waals surface area contributed by atoms with Gasteiger partial charge in [0.1, 0.15) is 17.9 Å². The fourth-order valence-electron chi connectivity index (χ4n) is 9.11. The zero-order valence-corrected chi connectivity index (χ0v) is 44.9. The Hall–Kier alpha value is -6.37. The van der Waals surface area contributed by atoms with E-state index in [4.69, 9.17) is 22.9 Å².